The number of carbonyl (C=O) groups excluding carboxylic acids is 1. The van der Waals surface area contributed by atoms with Gasteiger partial charge in [-0.15, -0.1) is 0 Å². The molecule has 0 N–H and O–H groups in total. The Kier molecular flexibility index (Phi) is 5.62. The number of rotatable bonds is 5. The molecule has 4 heterocycles. The summed E-state index contributed by atoms with van der Waals surface area (Å²) in [6, 6.07) is 0. The fourth-order valence-electron chi connectivity index (χ4n) is 4.93. The van der Waals surface area contributed by atoms with Crippen LogP contribution in [0, 0.1) is 26.7 Å². The van der Waals surface area contributed by atoms with E-state index in [1.54, 1.807) is 0 Å². The first-order valence-corrected chi connectivity index (χ1v) is 10.9. The van der Waals surface area contributed by atoms with Crippen LogP contribution in [0.25, 0.3) is 11.0 Å². The molecule has 0 aromatic carbocycles. The van der Waals surface area contributed by atoms with Crippen molar-refractivity contribution in [2.45, 2.75) is 52.9 Å². The minimum absolute atomic E-state index is 0.251. The Hall–Kier alpha value is -2.70. The van der Waals surface area contributed by atoms with Gasteiger partial charge in [0.25, 0.3) is 0 Å². The van der Waals surface area contributed by atoms with Gasteiger partial charge in [-0.1, -0.05) is 0 Å². The van der Waals surface area contributed by atoms with E-state index in [0.29, 0.717) is 12.3 Å². The highest BCUT2D eigenvalue weighted by molar-refractivity contribution is 5.84. The summed E-state index contributed by atoms with van der Waals surface area (Å²) < 4.78 is 3.92. The van der Waals surface area contributed by atoms with Crippen molar-refractivity contribution in [3.8, 4) is 0 Å². The molecule has 0 spiro atoms. The number of nitrogens with zero attached hydrogens (tertiary/aromatic N) is 6. The van der Waals surface area contributed by atoms with E-state index in [4.69, 9.17) is 4.98 Å². The number of likely N-dealkylation sites (tertiary alicyclic amines) is 1. The van der Waals surface area contributed by atoms with Crippen LogP contribution in [0.5, 0.6) is 0 Å². The minimum atomic E-state index is 0.251. The van der Waals surface area contributed by atoms with Crippen LogP contribution in [0.15, 0.2) is 12.4 Å². The number of piperidine rings is 1. The fourth-order valence-corrected chi connectivity index (χ4v) is 4.93. The SMILES string of the molecule is Cc1nc2c(c(C)nn2C)c(C)c1CCC(=O)N1CCCC(Cc2nccn2C)C1. The van der Waals surface area contributed by atoms with Gasteiger partial charge in [-0.25, -0.2) is 9.97 Å². The number of aryl methyl sites for hydroxylation is 5. The summed E-state index contributed by atoms with van der Waals surface area (Å²) >= 11 is 0. The predicted octanol–water partition coefficient (Wildman–Crippen LogP) is 3.04. The summed E-state index contributed by atoms with van der Waals surface area (Å²) in [4.78, 5) is 24.3. The van der Waals surface area contributed by atoms with Crippen molar-refractivity contribution >= 4 is 16.9 Å². The second-order valence-electron chi connectivity index (χ2n) is 8.71. The average molecular weight is 409 g/mol. The van der Waals surface area contributed by atoms with Gasteiger partial charge in [0.2, 0.25) is 5.91 Å². The normalized spacial score (nSPS) is 17.1. The lowest BCUT2D eigenvalue weighted by Gasteiger charge is -2.33. The standard InChI is InChI=1S/C23H32N6O/c1-15-19(16(2)25-23-22(15)17(3)26-28(23)5)8-9-21(30)29-11-6-7-18(14-29)13-20-24-10-12-27(20)4/h10,12,18H,6-9,11,13-14H2,1-5H3. The molecule has 3 aromatic heterocycles. The molecule has 1 aliphatic heterocycles. The van der Waals surface area contributed by atoms with Crippen LogP contribution >= 0.6 is 0 Å². The molecule has 3 aromatic rings. The van der Waals surface area contributed by atoms with Crippen molar-refractivity contribution in [3.63, 3.8) is 0 Å². The Morgan fingerprint density at radius 3 is 2.73 bits per heavy atom. The number of pyridine rings is 1. The van der Waals surface area contributed by atoms with E-state index in [2.05, 4.69) is 26.5 Å². The molecule has 0 radical (unpaired) electrons. The first-order chi connectivity index (χ1) is 14.3. The lowest BCUT2D eigenvalue weighted by atomic mass is 9.93. The molecule has 0 bridgehead atoms. The summed E-state index contributed by atoms with van der Waals surface area (Å²) in [5.74, 6) is 1.84. The van der Waals surface area contributed by atoms with Crippen molar-refractivity contribution in [1.29, 1.82) is 0 Å². The Morgan fingerprint density at radius 1 is 1.20 bits per heavy atom. The highest BCUT2D eigenvalue weighted by Crippen LogP contribution is 2.27. The Labute approximate surface area is 178 Å². The molecule has 30 heavy (non-hydrogen) atoms. The molecule has 1 saturated heterocycles. The van der Waals surface area contributed by atoms with Crippen LogP contribution in [0.1, 0.15) is 47.6 Å². The zero-order valence-electron chi connectivity index (χ0n) is 18.8. The van der Waals surface area contributed by atoms with Crippen LogP contribution in [0.3, 0.4) is 0 Å². The van der Waals surface area contributed by atoms with Crippen LogP contribution < -0.4 is 0 Å². The maximum absolute atomic E-state index is 13.0. The first kappa shape index (κ1) is 20.6. The average Bonchev–Trinajstić information content (AvgIpc) is 3.23. The van der Waals surface area contributed by atoms with E-state index in [-0.39, 0.29) is 5.91 Å². The van der Waals surface area contributed by atoms with Crippen molar-refractivity contribution in [1.82, 2.24) is 29.2 Å². The van der Waals surface area contributed by atoms with E-state index < -0.39 is 0 Å². The minimum Gasteiger partial charge on any atom is -0.342 e. The maximum atomic E-state index is 13.0. The van der Waals surface area contributed by atoms with E-state index in [0.717, 1.165) is 67.0 Å². The Morgan fingerprint density at radius 2 is 2.00 bits per heavy atom. The van der Waals surface area contributed by atoms with Gasteiger partial charge in [-0.05, 0) is 57.1 Å². The monoisotopic (exact) mass is 408 g/mol. The number of hydrogen-bond acceptors (Lipinski definition) is 4. The second-order valence-corrected chi connectivity index (χ2v) is 8.71. The van der Waals surface area contributed by atoms with Crippen LogP contribution in [0.2, 0.25) is 0 Å². The summed E-state index contributed by atoms with van der Waals surface area (Å²) in [6.07, 6.45) is 8.27. The number of imidazole rings is 1. The van der Waals surface area contributed by atoms with Crippen molar-refractivity contribution in [3.05, 3.63) is 40.7 Å². The molecule has 1 atom stereocenters. The van der Waals surface area contributed by atoms with Gasteiger partial charge in [0.05, 0.1) is 5.69 Å². The topological polar surface area (TPSA) is 68.8 Å². The summed E-state index contributed by atoms with van der Waals surface area (Å²) in [7, 11) is 3.97. The number of hydrogen-bond donors (Lipinski definition) is 0. The zero-order valence-corrected chi connectivity index (χ0v) is 18.8. The van der Waals surface area contributed by atoms with Gasteiger partial charge in [-0.3, -0.25) is 9.48 Å². The lowest BCUT2D eigenvalue weighted by Crippen LogP contribution is -2.40. The smallest absolute Gasteiger partial charge is 0.222 e. The number of amides is 1. The van der Waals surface area contributed by atoms with Crippen LogP contribution in [0.4, 0.5) is 0 Å². The zero-order chi connectivity index (χ0) is 21.4. The van der Waals surface area contributed by atoms with Crippen molar-refractivity contribution in [2.24, 2.45) is 20.0 Å². The van der Waals surface area contributed by atoms with Gasteiger partial charge >= 0.3 is 0 Å². The summed E-state index contributed by atoms with van der Waals surface area (Å²) in [5.41, 5.74) is 5.32. The molecule has 1 aliphatic rings. The van der Waals surface area contributed by atoms with Crippen LogP contribution in [-0.2, 0) is 31.7 Å². The molecular weight excluding hydrogens is 376 g/mol. The molecular formula is C23H32N6O. The molecule has 0 aliphatic carbocycles. The highest BCUT2D eigenvalue weighted by Gasteiger charge is 2.25. The van der Waals surface area contributed by atoms with Crippen molar-refractivity contribution in [2.75, 3.05) is 13.1 Å². The maximum Gasteiger partial charge on any atom is 0.222 e. The van der Waals surface area contributed by atoms with E-state index in [9.17, 15) is 4.79 Å². The fraction of sp³-hybridized carbons (Fsp3) is 0.565. The van der Waals surface area contributed by atoms with Gasteiger partial charge < -0.3 is 9.47 Å². The second kappa shape index (κ2) is 8.20. The van der Waals surface area contributed by atoms with Gasteiger partial charge in [0, 0.05) is 63.5 Å². The third-order valence-electron chi connectivity index (χ3n) is 6.58. The third kappa shape index (κ3) is 3.85. The highest BCUT2D eigenvalue weighted by atomic mass is 16.2. The molecule has 1 amide bonds. The van der Waals surface area contributed by atoms with E-state index >= 15 is 0 Å². The lowest BCUT2D eigenvalue weighted by molar-refractivity contribution is -0.133. The van der Waals surface area contributed by atoms with E-state index in [1.165, 1.54) is 11.1 Å². The summed E-state index contributed by atoms with van der Waals surface area (Å²) in [6.45, 7) is 7.90. The third-order valence-corrected chi connectivity index (χ3v) is 6.58. The van der Waals surface area contributed by atoms with Gasteiger partial charge in [-0.2, -0.15) is 5.10 Å². The molecule has 1 fully saturated rings. The summed E-state index contributed by atoms with van der Waals surface area (Å²) in [5, 5.41) is 5.64. The Bertz CT molecular complexity index is 1080. The first-order valence-electron chi connectivity index (χ1n) is 10.9. The molecule has 4 rings (SSSR count). The molecule has 7 heteroatoms. The quantitative estimate of drug-likeness (QED) is 0.651. The number of aromatic nitrogens is 5. The van der Waals surface area contributed by atoms with Crippen LogP contribution in [-0.4, -0.2) is 48.2 Å². The number of fused-ring (bicyclic) bond motifs is 1. The van der Waals surface area contributed by atoms with E-state index in [1.807, 2.05) is 45.0 Å². The van der Waals surface area contributed by atoms with Gasteiger partial charge in [0.15, 0.2) is 5.65 Å². The van der Waals surface area contributed by atoms with Gasteiger partial charge in [0.1, 0.15) is 5.82 Å². The predicted molar refractivity (Wildman–Crippen MR) is 117 cm³/mol. The van der Waals surface area contributed by atoms with Crippen molar-refractivity contribution < 1.29 is 4.79 Å². The Balaban J connectivity index is 1.43. The molecule has 160 valence electrons. The largest absolute Gasteiger partial charge is 0.342 e. The molecule has 7 nitrogen and oxygen atoms in total. The number of carbonyl (C=O) groups is 1. The molecule has 1 unspecified atom stereocenters. The molecule has 0 saturated carbocycles.